The number of likely N-dealkylation sites (N-methyl/N-ethyl adjacent to an activating group) is 1. The molecule has 0 spiro atoms. The van der Waals surface area contributed by atoms with Crippen molar-refractivity contribution >= 4 is 0 Å². The second kappa shape index (κ2) is 9.22. The quantitative estimate of drug-likeness (QED) is 0.452. The number of hydrogen-bond donors (Lipinski definition) is 1. The maximum Gasteiger partial charge on any atom is 0.0202 e. The Morgan fingerprint density at radius 3 is 2.43 bits per heavy atom. The Hall–Kier alpha value is -0.340. The van der Waals surface area contributed by atoms with Gasteiger partial charge in [-0.25, -0.2) is 0 Å². The molecule has 0 unspecified atom stereocenters. The highest BCUT2D eigenvalue weighted by atomic mass is 15.1. The summed E-state index contributed by atoms with van der Waals surface area (Å²) in [6.45, 7) is 16.1. The lowest BCUT2D eigenvalue weighted by atomic mass is 10.2. The van der Waals surface area contributed by atoms with Gasteiger partial charge in [0, 0.05) is 13.1 Å². The molecule has 0 rings (SSSR count). The van der Waals surface area contributed by atoms with Crippen LogP contribution >= 0.6 is 0 Å². The topological polar surface area (TPSA) is 15.3 Å². The first-order chi connectivity index (χ1) is 6.74. The van der Waals surface area contributed by atoms with E-state index in [-0.39, 0.29) is 0 Å². The molecule has 84 valence electrons. The van der Waals surface area contributed by atoms with Crippen LogP contribution in [0.5, 0.6) is 0 Å². The molecule has 0 fully saturated rings. The van der Waals surface area contributed by atoms with Crippen LogP contribution in [-0.2, 0) is 0 Å². The molecular weight excluding hydrogens is 172 g/mol. The smallest absolute Gasteiger partial charge is 0.0202 e. The van der Waals surface area contributed by atoms with Gasteiger partial charge in [0.2, 0.25) is 0 Å². The molecule has 0 amide bonds. The maximum atomic E-state index is 4.09. The average molecular weight is 198 g/mol. The molecule has 0 saturated carbocycles. The van der Waals surface area contributed by atoms with E-state index in [1.54, 1.807) is 0 Å². The van der Waals surface area contributed by atoms with Crippen molar-refractivity contribution in [3.63, 3.8) is 0 Å². The number of rotatable bonds is 9. The first-order valence-electron chi connectivity index (χ1n) is 5.84. The van der Waals surface area contributed by atoms with Gasteiger partial charge in [-0.15, -0.1) is 0 Å². The van der Waals surface area contributed by atoms with Crippen molar-refractivity contribution in [3.8, 4) is 0 Å². The van der Waals surface area contributed by atoms with Gasteiger partial charge in [-0.2, -0.15) is 0 Å². The fraction of sp³-hybridized carbons (Fsp3) is 0.833. The summed E-state index contributed by atoms with van der Waals surface area (Å²) in [5, 5.41) is 3.38. The standard InChI is InChI=1S/C12H26N2/c1-5-8-13-10-12(4)11-14(7-3)9-6-2/h13H,4-11H2,1-3H3. The van der Waals surface area contributed by atoms with Gasteiger partial charge < -0.3 is 5.32 Å². The van der Waals surface area contributed by atoms with Crippen LogP contribution in [0, 0.1) is 0 Å². The van der Waals surface area contributed by atoms with E-state index in [1.165, 1.54) is 25.0 Å². The van der Waals surface area contributed by atoms with Crippen molar-refractivity contribution in [3.05, 3.63) is 12.2 Å². The largest absolute Gasteiger partial charge is 0.313 e. The Balaban J connectivity index is 3.56. The lowest BCUT2D eigenvalue weighted by Crippen LogP contribution is -2.29. The number of hydrogen-bond acceptors (Lipinski definition) is 2. The lowest BCUT2D eigenvalue weighted by molar-refractivity contribution is 0.310. The summed E-state index contributed by atoms with van der Waals surface area (Å²) >= 11 is 0. The summed E-state index contributed by atoms with van der Waals surface area (Å²) in [4.78, 5) is 2.44. The van der Waals surface area contributed by atoms with Gasteiger partial charge in [-0.1, -0.05) is 27.4 Å². The Morgan fingerprint density at radius 2 is 1.93 bits per heavy atom. The van der Waals surface area contributed by atoms with Gasteiger partial charge in [0.15, 0.2) is 0 Å². The number of nitrogens with one attached hydrogen (secondary N) is 1. The molecule has 0 aliphatic rings. The minimum Gasteiger partial charge on any atom is -0.313 e. The highest BCUT2D eigenvalue weighted by Crippen LogP contribution is 1.97. The fourth-order valence-corrected chi connectivity index (χ4v) is 1.48. The van der Waals surface area contributed by atoms with Crippen LogP contribution in [-0.4, -0.2) is 37.6 Å². The van der Waals surface area contributed by atoms with Crippen LogP contribution in [0.2, 0.25) is 0 Å². The van der Waals surface area contributed by atoms with E-state index in [9.17, 15) is 0 Å². The minimum absolute atomic E-state index is 0.966. The van der Waals surface area contributed by atoms with Gasteiger partial charge in [0.25, 0.3) is 0 Å². The number of nitrogens with zero attached hydrogens (tertiary/aromatic N) is 1. The Kier molecular flexibility index (Phi) is 9.00. The summed E-state index contributed by atoms with van der Waals surface area (Å²) in [5.74, 6) is 0. The summed E-state index contributed by atoms with van der Waals surface area (Å²) in [6, 6.07) is 0. The third-order valence-corrected chi connectivity index (χ3v) is 2.24. The zero-order chi connectivity index (χ0) is 10.8. The van der Waals surface area contributed by atoms with E-state index in [0.29, 0.717) is 0 Å². The highest BCUT2D eigenvalue weighted by Gasteiger charge is 2.02. The molecule has 0 radical (unpaired) electrons. The molecule has 2 heteroatoms. The molecule has 1 N–H and O–H groups in total. The Labute approximate surface area is 89.4 Å². The molecule has 14 heavy (non-hydrogen) atoms. The molecule has 0 saturated heterocycles. The molecule has 0 aromatic rings. The van der Waals surface area contributed by atoms with Crippen LogP contribution < -0.4 is 5.32 Å². The van der Waals surface area contributed by atoms with Crippen LogP contribution in [0.4, 0.5) is 0 Å². The fourth-order valence-electron chi connectivity index (χ4n) is 1.48. The van der Waals surface area contributed by atoms with Crippen molar-refractivity contribution in [2.75, 3.05) is 32.7 Å². The first kappa shape index (κ1) is 13.7. The van der Waals surface area contributed by atoms with Crippen molar-refractivity contribution in [1.29, 1.82) is 0 Å². The highest BCUT2D eigenvalue weighted by molar-refractivity contribution is 4.99. The van der Waals surface area contributed by atoms with E-state index < -0.39 is 0 Å². The molecule has 0 aliphatic heterocycles. The predicted octanol–water partition coefficient (Wildman–Crippen LogP) is 2.27. The van der Waals surface area contributed by atoms with Crippen molar-refractivity contribution in [2.24, 2.45) is 0 Å². The van der Waals surface area contributed by atoms with Crippen LogP contribution in [0.15, 0.2) is 12.2 Å². The van der Waals surface area contributed by atoms with E-state index in [4.69, 9.17) is 0 Å². The van der Waals surface area contributed by atoms with Crippen molar-refractivity contribution in [1.82, 2.24) is 10.2 Å². The van der Waals surface area contributed by atoms with Gasteiger partial charge >= 0.3 is 0 Å². The van der Waals surface area contributed by atoms with Crippen LogP contribution in [0.3, 0.4) is 0 Å². The molecular formula is C12H26N2. The molecule has 0 aliphatic carbocycles. The maximum absolute atomic E-state index is 4.09. The summed E-state index contributed by atoms with van der Waals surface area (Å²) < 4.78 is 0. The average Bonchev–Trinajstić information content (AvgIpc) is 2.17. The van der Waals surface area contributed by atoms with E-state index in [2.05, 4.69) is 37.6 Å². The van der Waals surface area contributed by atoms with Gasteiger partial charge in [-0.05, 0) is 38.0 Å². The monoisotopic (exact) mass is 198 g/mol. The van der Waals surface area contributed by atoms with Crippen LogP contribution in [0.25, 0.3) is 0 Å². The summed E-state index contributed by atoms with van der Waals surface area (Å²) in [5.41, 5.74) is 1.30. The lowest BCUT2D eigenvalue weighted by Gasteiger charge is -2.20. The SMILES string of the molecule is C=C(CNCCC)CN(CC)CCC. The minimum atomic E-state index is 0.966. The Morgan fingerprint density at radius 1 is 1.21 bits per heavy atom. The van der Waals surface area contributed by atoms with Gasteiger partial charge in [-0.3, -0.25) is 4.90 Å². The van der Waals surface area contributed by atoms with E-state index >= 15 is 0 Å². The molecule has 0 atom stereocenters. The van der Waals surface area contributed by atoms with Crippen molar-refractivity contribution < 1.29 is 0 Å². The van der Waals surface area contributed by atoms with E-state index in [1.807, 2.05) is 0 Å². The van der Waals surface area contributed by atoms with Crippen LogP contribution in [0.1, 0.15) is 33.6 Å². The Bertz CT molecular complexity index is 143. The molecule has 0 aromatic heterocycles. The van der Waals surface area contributed by atoms with Gasteiger partial charge in [0.1, 0.15) is 0 Å². The molecule has 0 heterocycles. The first-order valence-corrected chi connectivity index (χ1v) is 5.84. The zero-order valence-electron chi connectivity index (χ0n) is 10.1. The second-order valence-electron chi connectivity index (χ2n) is 3.80. The van der Waals surface area contributed by atoms with Crippen molar-refractivity contribution in [2.45, 2.75) is 33.6 Å². The normalized spacial score (nSPS) is 10.9. The zero-order valence-corrected chi connectivity index (χ0v) is 10.1. The summed E-state index contributed by atoms with van der Waals surface area (Å²) in [7, 11) is 0. The third-order valence-electron chi connectivity index (χ3n) is 2.24. The third kappa shape index (κ3) is 7.10. The summed E-state index contributed by atoms with van der Waals surface area (Å²) in [6.07, 6.45) is 2.42. The molecule has 0 aromatic carbocycles. The predicted molar refractivity (Wildman–Crippen MR) is 64.7 cm³/mol. The second-order valence-corrected chi connectivity index (χ2v) is 3.80. The van der Waals surface area contributed by atoms with Gasteiger partial charge in [0.05, 0.1) is 0 Å². The van der Waals surface area contributed by atoms with E-state index in [0.717, 1.165) is 26.2 Å². The molecule has 0 bridgehead atoms. The molecule has 2 nitrogen and oxygen atoms in total.